The van der Waals surface area contributed by atoms with E-state index in [1.807, 2.05) is 43.3 Å². The Balaban J connectivity index is 0.000000468. The van der Waals surface area contributed by atoms with Crippen molar-refractivity contribution >= 4 is 18.0 Å². The van der Waals surface area contributed by atoms with Crippen LogP contribution in [-0.2, 0) is 9.59 Å². The molecule has 0 unspecified atom stereocenters. The third kappa shape index (κ3) is 10.7. The van der Waals surface area contributed by atoms with Gasteiger partial charge in [-0.15, -0.1) is 0 Å². The molecule has 0 bridgehead atoms. The summed E-state index contributed by atoms with van der Waals surface area (Å²) in [5.74, 6) is -1.81. The van der Waals surface area contributed by atoms with Gasteiger partial charge in [0.25, 0.3) is 0 Å². The van der Waals surface area contributed by atoms with Crippen LogP contribution in [0.5, 0.6) is 0 Å². The zero-order valence-corrected chi connectivity index (χ0v) is 13.5. The first-order valence-electron chi connectivity index (χ1n) is 7.42. The van der Waals surface area contributed by atoms with Crippen molar-refractivity contribution in [3.05, 3.63) is 66.3 Å². The second-order valence-corrected chi connectivity index (χ2v) is 4.94. The molecular formula is C19H24O4. The quantitative estimate of drug-likeness (QED) is 0.690. The SMILES string of the molecule is C=C(CC=Cc1ccccc1)C(=O)O.C=C(CCCC)C(=O)O. The Morgan fingerprint density at radius 1 is 1.04 bits per heavy atom. The molecular weight excluding hydrogens is 292 g/mol. The maximum atomic E-state index is 10.4. The number of rotatable bonds is 8. The first-order chi connectivity index (χ1) is 10.9. The molecule has 0 aliphatic heterocycles. The number of hydrogen-bond acceptors (Lipinski definition) is 2. The standard InChI is InChI=1S/C12H12O2.C7H12O2/c1-10(12(13)14)6-5-9-11-7-3-2-4-8-11;1-3-4-5-6(2)7(8)9/h2-5,7-9H,1,6H2,(H,13,14);2-5H2,1H3,(H,8,9). The van der Waals surface area contributed by atoms with Gasteiger partial charge in [0.1, 0.15) is 0 Å². The lowest BCUT2D eigenvalue weighted by Crippen LogP contribution is -1.97. The highest BCUT2D eigenvalue weighted by Crippen LogP contribution is 2.05. The molecule has 1 aromatic carbocycles. The van der Waals surface area contributed by atoms with Gasteiger partial charge < -0.3 is 10.2 Å². The van der Waals surface area contributed by atoms with Crippen molar-refractivity contribution < 1.29 is 19.8 Å². The molecule has 4 heteroatoms. The molecule has 0 saturated carbocycles. The molecule has 23 heavy (non-hydrogen) atoms. The molecule has 0 saturated heterocycles. The molecule has 0 spiro atoms. The zero-order valence-electron chi connectivity index (χ0n) is 13.5. The Morgan fingerprint density at radius 3 is 2.09 bits per heavy atom. The Labute approximate surface area is 137 Å². The van der Waals surface area contributed by atoms with Crippen LogP contribution in [0, 0.1) is 0 Å². The zero-order chi connectivity index (χ0) is 17.7. The lowest BCUT2D eigenvalue weighted by atomic mass is 10.1. The molecule has 0 fully saturated rings. The van der Waals surface area contributed by atoms with Gasteiger partial charge in [-0.3, -0.25) is 0 Å². The van der Waals surface area contributed by atoms with Crippen molar-refractivity contribution in [3.63, 3.8) is 0 Å². The van der Waals surface area contributed by atoms with E-state index in [-0.39, 0.29) is 5.57 Å². The van der Waals surface area contributed by atoms with Gasteiger partial charge in [-0.2, -0.15) is 0 Å². The molecule has 0 aliphatic rings. The predicted octanol–water partition coefficient (Wildman–Crippen LogP) is 4.55. The molecule has 0 heterocycles. The molecule has 0 aliphatic carbocycles. The molecule has 1 aromatic rings. The minimum absolute atomic E-state index is 0.206. The van der Waals surface area contributed by atoms with Crippen molar-refractivity contribution in [2.24, 2.45) is 0 Å². The second kappa shape index (κ2) is 12.0. The van der Waals surface area contributed by atoms with Crippen molar-refractivity contribution in [3.8, 4) is 0 Å². The average Bonchev–Trinajstić information content (AvgIpc) is 2.53. The summed E-state index contributed by atoms with van der Waals surface area (Å²) >= 11 is 0. The fourth-order valence-electron chi connectivity index (χ4n) is 1.49. The van der Waals surface area contributed by atoms with Crippen LogP contribution in [-0.4, -0.2) is 22.2 Å². The Morgan fingerprint density at radius 2 is 1.61 bits per heavy atom. The van der Waals surface area contributed by atoms with Crippen LogP contribution in [0.3, 0.4) is 0 Å². The van der Waals surface area contributed by atoms with Crippen molar-refractivity contribution in [2.45, 2.75) is 32.6 Å². The highest BCUT2D eigenvalue weighted by molar-refractivity contribution is 5.86. The summed E-state index contributed by atoms with van der Waals surface area (Å²) in [5.41, 5.74) is 1.58. The third-order valence-electron chi connectivity index (χ3n) is 2.91. The smallest absolute Gasteiger partial charge is 0.331 e. The molecule has 2 N–H and O–H groups in total. The summed E-state index contributed by atoms with van der Waals surface area (Å²) in [6, 6.07) is 9.73. The topological polar surface area (TPSA) is 74.6 Å². The summed E-state index contributed by atoms with van der Waals surface area (Å²) in [7, 11) is 0. The first-order valence-corrected chi connectivity index (χ1v) is 7.42. The summed E-state index contributed by atoms with van der Waals surface area (Å²) in [4.78, 5) is 20.5. The number of allylic oxidation sites excluding steroid dienone is 1. The fraction of sp³-hybridized carbons (Fsp3) is 0.263. The Bertz CT molecular complexity index is 556. The van der Waals surface area contributed by atoms with Crippen molar-refractivity contribution in [1.29, 1.82) is 0 Å². The van der Waals surface area contributed by atoms with Crippen LogP contribution >= 0.6 is 0 Å². The first kappa shape index (κ1) is 20.4. The van der Waals surface area contributed by atoms with E-state index in [1.54, 1.807) is 6.08 Å². The maximum Gasteiger partial charge on any atom is 0.331 e. The third-order valence-corrected chi connectivity index (χ3v) is 2.91. The molecule has 0 amide bonds. The molecule has 0 radical (unpaired) electrons. The molecule has 0 aromatic heterocycles. The fourth-order valence-corrected chi connectivity index (χ4v) is 1.49. The number of hydrogen-bond donors (Lipinski definition) is 2. The predicted molar refractivity (Wildman–Crippen MR) is 93.2 cm³/mol. The van der Waals surface area contributed by atoms with Crippen LogP contribution in [0.4, 0.5) is 0 Å². The van der Waals surface area contributed by atoms with Gasteiger partial charge in [0.15, 0.2) is 0 Å². The van der Waals surface area contributed by atoms with E-state index in [1.165, 1.54) is 0 Å². The van der Waals surface area contributed by atoms with E-state index in [2.05, 4.69) is 13.2 Å². The van der Waals surface area contributed by atoms with Crippen molar-refractivity contribution in [2.75, 3.05) is 0 Å². The van der Waals surface area contributed by atoms with E-state index in [9.17, 15) is 9.59 Å². The average molecular weight is 316 g/mol. The minimum atomic E-state index is -0.942. The van der Waals surface area contributed by atoms with Gasteiger partial charge in [0.05, 0.1) is 0 Å². The largest absolute Gasteiger partial charge is 0.478 e. The van der Waals surface area contributed by atoms with Gasteiger partial charge in [-0.25, -0.2) is 9.59 Å². The lowest BCUT2D eigenvalue weighted by molar-refractivity contribution is -0.133. The minimum Gasteiger partial charge on any atom is -0.478 e. The van der Waals surface area contributed by atoms with E-state index in [0.29, 0.717) is 18.4 Å². The Hall–Kier alpha value is -2.62. The van der Waals surface area contributed by atoms with Gasteiger partial charge in [-0.1, -0.05) is 69.0 Å². The number of benzene rings is 1. The van der Waals surface area contributed by atoms with Gasteiger partial charge in [-0.05, 0) is 24.8 Å². The van der Waals surface area contributed by atoms with E-state index < -0.39 is 11.9 Å². The van der Waals surface area contributed by atoms with Crippen LogP contribution in [0.25, 0.3) is 6.08 Å². The summed E-state index contributed by atoms with van der Waals surface area (Å²) < 4.78 is 0. The van der Waals surface area contributed by atoms with Crippen LogP contribution in [0.15, 0.2) is 60.7 Å². The van der Waals surface area contributed by atoms with Gasteiger partial charge in [0, 0.05) is 11.1 Å². The van der Waals surface area contributed by atoms with Crippen LogP contribution < -0.4 is 0 Å². The number of carboxylic acid groups (broad SMARTS) is 2. The number of aliphatic carboxylic acids is 2. The second-order valence-electron chi connectivity index (χ2n) is 4.94. The van der Waals surface area contributed by atoms with Crippen LogP contribution in [0.1, 0.15) is 38.2 Å². The maximum absolute atomic E-state index is 10.4. The molecule has 124 valence electrons. The van der Waals surface area contributed by atoms with E-state index in [4.69, 9.17) is 10.2 Å². The normalized spacial score (nSPS) is 9.78. The summed E-state index contributed by atoms with van der Waals surface area (Å²) in [5, 5.41) is 16.9. The molecule has 0 atom stereocenters. The van der Waals surface area contributed by atoms with Crippen molar-refractivity contribution in [1.82, 2.24) is 0 Å². The van der Waals surface area contributed by atoms with Crippen LogP contribution in [0.2, 0.25) is 0 Å². The highest BCUT2D eigenvalue weighted by atomic mass is 16.4. The lowest BCUT2D eigenvalue weighted by Gasteiger charge is -1.95. The molecule has 4 nitrogen and oxygen atoms in total. The number of carbonyl (C=O) groups is 2. The van der Waals surface area contributed by atoms with E-state index >= 15 is 0 Å². The van der Waals surface area contributed by atoms with Gasteiger partial charge in [0.2, 0.25) is 0 Å². The molecule has 1 rings (SSSR count). The monoisotopic (exact) mass is 316 g/mol. The summed E-state index contributed by atoms with van der Waals surface area (Å²) in [6.45, 7) is 8.85. The number of carboxylic acids is 2. The Kier molecular flexibility index (Phi) is 10.6. The highest BCUT2D eigenvalue weighted by Gasteiger charge is 2.00. The summed E-state index contributed by atoms with van der Waals surface area (Å²) in [6.07, 6.45) is 6.62. The van der Waals surface area contributed by atoms with Gasteiger partial charge >= 0.3 is 11.9 Å². The van der Waals surface area contributed by atoms with E-state index in [0.717, 1.165) is 18.4 Å². The number of unbranched alkanes of at least 4 members (excludes halogenated alkanes) is 1.